The van der Waals surface area contributed by atoms with Gasteiger partial charge in [0.05, 0.1) is 32.8 Å². The van der Waals surface area contributed by atoms with E-state index < -0.39 is 5.97 Å². The van der Waals surface area contributed by atoms with Crippen LogP contribution in [-0.4, -0.2) is 50.1 Å². The van der Waals surface area contributed by atoms with E-state index in [1.807, 2.05) is 0 Å². The van der Waals surface area contributed by atoms with E-state index >= 15 is 0 Å². The van der Waals surface area contributed by atoms with Gasteiger partial charge in [-0.15, -0.1) is 0 Å². The lowest BCUT2D eigenvalue weighted by Crippen LogP contribution is -2.15. The fourth-order valence-corrected chi connectivity index (χ4v) is 3.80. The summed E-state index contributed by atoms with van der Waals surface area (Å²) in [7, 11) is 0. The van der Waals surface area contributed by atoms with Gasteiger partial charge in [0.1, 0.15) is 5.78 Å². The lowest BCUT2D eigenvalue weighted by molar-refractivity contribution is -0.145. The molecular formula is C29H53NO7. The molecule has 216 valence electrons. The summed E-state index contributed by atoms with van der Waals surface area (Å²) in [6.45, 7) is 3.35. The number of esters is 3. The molecule has 8 nitrogen and oxygen atoms in total. The fraction of sp³-hybridized carbons (Fsp3) is 0.862. The summed E-state index contributed by atoms with van der Waals surface area (Å²) in [5.74, 6) is -0.924. The van der Waals surface area contributed by atoms with Crippen molar-refractivity contribution in [2.75, 3.05) is 26.4 Å². The van der Waals surface area contributed by atoms with Crippen molar-refractivity contribution >= 4 is 23.7 Å². The van der Waals surface area contributed by atoms with Crippen molar-refractivity contribution in [1.29, 1.82) is 0 Å². The van der Waals surface area contributed by atoms with Gasteiger partial charge >= 0.3 is 17.9 Å². The summed E-state index contributed by atoms with van der Waals surface area (Å²) in [4.78, 5) is 46.1. The van der Waals surface area contributed by atoms with Gasteiger partial charge in [-0.1, -0.05) is 64.7 Å². The second kappa shape index (κ2) is 27.1. The van der Waals surface area contributed by atoms with E-state index in [1.165, 1.54) is 51.4 Å². The molecule has 2 N–H and O–H groups in total. The van der Waals surface area contributed by atoms with Gasteiger partial charge in [-0.25, -0.2) is 0 Å². The SMILES string of the molecule is CCCCCCCCCCCCOC(=O)CCCCCOC(=O)CCCCCOC(=O)CCC(=O)CN. The molecule has 0 aromatic heterocycles. The van der Waals surface area contributed by atoms with E-state index in [2.05, 4.69) is 6.92 Å². The number of ketones is 1. The Morgan fingerprint density at radius 3 is 1.22 bits per heavy atom. The molecule has 0 atom stereocenters. The van der Waals surface area contributed by atoms with Crippen LogP contribution < -0.4 is 5.73 Å². The Labute approximate surface area is 224 Å². The first-order valence-electron chi connectivity index (χ1n) is 14.7. The van der Waals surface area contributed by atoms with E-state index in [4.69, 9.17) is 19.9 Å². The van der Waals surface area contributed by atoms with Gasteiger partial charge in [0.2, 0.25) is 0 Å². The fourth-order valence-electron chi connectivity index (χ4n) is 3.80. The van der Waals surface area contributed by atoms with Gasteiger partial charge < -0.3 is 19.9 Å². The highest BCUT2D eigenvalue weighted by Crippen LogP contribution is 2.11. The van der Waals surface area contributed by atoms with Crippen LogP contribution >= 0.6 is 0 Å². The number of unbranched alkanes of at least 4 members (excludes halogenated alkanes) is 13. The predicted octanol–water partition coefficient (Wildman–Crippen LogP) is 5.97. The number of ether oxygens (including phenoxy) is 3. The normalized spacial score (nSPS) is 10.8. The Balaban J connectivity index is 3.37. The number of hydrogen-bond acceptors (Lipinski definition) is 8. The molecule has 37 heavy (non-hydrogen) atoms. The molecule has 0 bridgehead atoms. The summed E-state index contributed by atoms with van der Waals surface area (Å²) < 4.78 is 15.6. The zero-order valence-corrected chi connectivity index (χ0v) is 23.4. The molecule has 0 rings (SSSR count). The smallest absolute Gasteiger partial charge is 0.306 e. The molecule has 0 saturated carbocycles. The van der Waals surface area contributed by atoms with Gasteiger partial charge in [0, 0.05) is 19.3 Å². The molecule has 8 heteroatoms. The molecule has 0 aliphatic carbocycles. The Hall–Kier alpha value is -1.96. The standard InChI is InChI=1S/C29H53NO7/c1-2-3-4-5-6-7-8-9-10-15-22-35-27(32)18-13-11-16-23-36-28(33)19-14-12-17-24-37-29(34)21-20-26(31)25-30/h2-25,30H2,1H3. The lowest BCUT2D eigenvalue weighted by atomic mass is 10.1. The third-order valence-corrected chi connectivity index (χ3v) is 6.17. The molecule has 0 aliphatic heterocycles. The highest BCUT2D eigenvalue weighted by molar-refractivity contribution is 5.84. The molecule has 0 heterocycles. The van der Waals surface area contributed by atoms with Crippen molar-refractivity contribution in [3.8, 4) is 0 Å². The summed E-state index contributed by atoms with van der Waals surface area (Å²) in [5.41, 5.74) is 5.19. The molecule has 0 unspecified atom stereocenters. The highest BCUT2D eigenvalue weighted by Gasteiger charge is 2.07. The van der Waals surface area contributed by atoms with Gasteiger partial charge in [-0.2, -0.15) is 0 Å². The quantitative estimate of drug-likeness (QED) is 0.0788. The maximum atomic E-state index is 11.8. The maximum Gasteiger partial charge on any atom is 0.306 e. The van der Waals surface area contributed by atoms with Crippen molar-refractivity contribution in [2.24, 2.45) is 5.73 Å². The molecule has 0 spiro atoms. The Morgan fingerprint density at radius 2 is 0.811 bits per heavy atom. The van der Waals surface area contributed by atoms with Crippen LogP contribution in [0, 0.1) is 0 Å². The van der Waals surface area contributed by atoms with Crippen LogP contribution in [0.3, 0.4) is 0 Å². The average Bonchev–Trinajstić information content (AvgIpc) is 2.89. The molecular weight excluding hydrogens is 474 g/mol. The average molecular weight is 528 g/mol. The van der Waals surface area contributed by atoms with E-state index in [9.17, 15) is 19.2 Å². The topological polar surface area (TPSA) is 122 Å². The summed E-state index contributed by atoms with van der Waals surface area (Å²) >= 11 is 0. The Kier molecular flexibility index (Phi) is 25.7. The first kappa shape index (κ1) is 35.0. The first-order chi connectivity index (χ1) is 18.0. The summed E-state index contributed by atoms with van der Waals surface area (Å²) in [5, 5.41) is 0. The second-order valence-corrected chi connectivity index (χ2v) is 9.71. The molecule has 0 aromatic rings. The van der Waals surface area contributed by atoms with Crippen molar-refractivity contribution in [2.45, 2.75) is 135 Å². The van der Waals surface area contributed by atoms with Crippen LogP contribution in [-0.2, 0) is 33.4 Å². The van der Waals surface area contributed by atoms with Crippen LogP contribution in [0.25, 0.3) is 0 Å². The third-order valence-electron chi connectivity index (χ3n) is 6.17. The van der Waals surface area contributed by atoms with Crippen molar-refractivity contribution < 1.29 is 33.4 Å². The summed E-state index contributed by atoms with van der Waals surface area (Å²) in [6.07, 6.45) is 17.9. The number of Topliss-reactive ketones (excluding diaryl/α,β-unsaturated/α-hetero) is 1. The zero-order chi connectivity index (χ0) is 27.4. The van der Waals surface area contributed by atoms with Gasteiger partial charge in [0.15, 0.2) is 0 Å². The molecule has 0 fully saturated rings. The van der Waals surface area contributed by atoms with E-state index in [0.29, 0.717) is 38.9 Å². The number of hydrogen-bond donors (Lipinski definition) is 1. The van der Waals surface area contributed by atoms with Crippen LogP contribution in [0.2, 0.25) is 0 Å². The van der Waals surface area contributed by atoms with E-state index in [0.717, 1.165) is 38.5 Å². The van der Waals surface area contributed by atoms with E-state index in [-0.39, 0.29) is 43.7 Å². The molecule has 0 aromatic carbocycles. The lowest BCUT2D eigenvalue weighted by Gasteiger charge is -2.07. The number of carbonyl (C=O) groups is 4. The van der Waals surface area contributed by atoms with Crippen molar-refractivity contribution in [3.05, 3.63) is 0 Å². The monoisotopic (exact) mass is 527 g/mol. The van der Waals surface area contributed by atoms with Crippen LogP contribution in [0.1, 0.15) is 135 Å². The number of nitrogens with two attached hydrogens (primary N) is 1. The third kappa shape index (κ3) is 26.9. The molecule has 0 aliphatic rings. The second-order valence-electron chi connectivity index (χ2n) is 9.71. The van der Waals surface area contributed by atoms with Crippen molar-refractivity contribution in [3.63, 3.8) is 0 Å². The minimum absolute atomic E-state index is 0.0580. The van der Waals surface area contributed by atoms with Crippen molar-refractivity contribution in [1.82, 2.24) is 0 Å². The molecule has 0 saturated heterocycles. The first-order valence-corrected chi connectivity index (χ1v) is 14.7. The Bertz CT molecular complexity index is 595. The Morgan fingerprint density at radius 1 is 0.459 bits per heavy atom. The number of carbonyl (C=O) groups excluding carboxylic acids is 4. The van der Waals surface area contributed by atoms with Crippen LogP contribution in [0.15, 0.2) is 0 Å². The maximum absolute atomic E-state index is 11.8. The van der Waals surface area contributed by atoms with Gasteiger partial charge in [0.25, 0.3) is 0 Å². The predicted molar refractivity (Wildman–Crippen MR) is 145 cm³/mol. The molecule has 0 amide bonds. The van der Waals surface area contributed by atoms with Crippen LogP contribution in [0.4, 0.5) is 0 Å². The minimum atomic E-state index is -0.399. The van der Waals surface area contributed by atoms with E-state index in [1.54, 1.807) is 0 Å². The minimum Gasteiger partial charge on any atom is -0.466 e. The summed E-state index contributed by atoms with van der Waals surface area (Å²) in [6, 6.07) is 0. The zero-order valence-electron chi connectivity index (χ0n) is 23.4. The van der Waals surface area contributed by atoms with Crippen LogP contribution in [0.5, 0.6) is 0 Å². The van der Waals surface area contributed by atoms with Gasteiger partial charge in [-0.3, -0.25) is 19.2 Å². The van der Waals surface area contributed by atoms with Gasteiger partial charge in [-0.05, 0) is 44.9 Å². The highest BCUT2D eigenvalue weighted by atomic mass is 16.5. The number of rotatable bonds is 27. The molecule has 0 radical (unpaired) electrons. The largest absolute Gasteiger partial charge is 0.466 e.